The Morgan fingerprint density at radius 3 is 2.63 bits per heavy atom. The maximum atomic E-state index is 13.5. The molecule has 10 nitrogen and oxygen atoms in total. The number of likely N-dealkylation sites (N-methyl/N-ethyl adjacent to an activating group) is 2. The summed E-state index contributed by atoms with van der Waals surface area (Å²) in [5, 5.41) is 5.77. The molecule has 2 N–H and O–H groups in total. The number of carbonyl (C=O) groups excluding carboxylic acids is 1. The molecule has 0 saturated heterocycles. The lowest BCUT2D eigenvalue weighted by Crippen LogP contribution is -2.29. The largest absolute Gasteiger partial charge is 0.433 e. The van der Waals surface area contributed by atoms with Gasteiger partial charge in [0.05, 0.1) is 28.4 Å². The van der Waals surface area contributed by atoms with Gasteiger partial charge in [0, 0.05) is 44.4 Å². The highest BCUT2D eigenvalue weighted by Gasteiger charge is 2.38. The van der Waals surface area contributed by atoms with Gasteiger partial charge in [-0.25, -0.2) is 9.97 Å². The zero-order valence-electron chi connectivity index (χ0n) is 23.6. The molecule has 4 rings (SSSR count). The van der Waals surface area contributed by atoms with E-state index in [-0.39, 0.29) is 22.8 Å². The van der Waals surface area contributed by atoms with Crippen molar-refractivity contribution in [2.45, 2.75) is 25.9 Å². The van der Waals surface area contributed by atoms with Crippen LogP contribution in [0.4, 0.5) is 43.3 Å². The van der Waals surface area contributed by atoms with Crippen LogP contribution >= 0.6 is 15.9 Å². The summed E-state index contributed by atoms with van der Waals surface area (Å²) in [5.74, 6) is 0.191. The number of carbonyl (C=O) groups is 1. The second-order valence-corrected chi connectivity index (χ2v) is 11.3. The molecule has 3 heterocycles. The summed E-state index contributed by atoms with van der Waals surface area (Å²) in [6.07, 6.45) is 2.72. The van der Waals surface area contributed by atoms with Crippen molar-refractivity contribution in [2.24, 2.45) is 0 Å². The highest BCUT2D eigenvalue weighted by atomic mass is 79.9. The summed E-state index contributed by atoms with van der Waals surface area (Å²) in [5.41, 5.74) is 2.64. The van der Waals surface area contributed by atoms with Crippen molar-refractivity contribution in [2.75, 3.05) is 61.2 Å². The molecule has 0 saturated carbocycles. The van der Waals surface area contributed by atoms with Gasteiger partial charge in [-0.2, -0.15) is 13.8 Å². The molecule has 13 heteroatoms. The average Bonchev–Trinajstić information content (AvgIpc) is 3.18. The molecule has 3 aromatic rings. The molecule has 1 aliphatic heterocycles. The van der Waals surface area contributed by atoms with Crippen molar-refractivity contribution >= 4 is 56.4 Å². The number of amides is 1. The molecule has 0 unspecified atom stereocenters. The maximum Gasteiger partial charge on any atom is 0.387 e. The van der Waals surface area contributed by atoms with Crippen molar-refractivity contribution in [3.05, 3.63) is 59.5 Å². The highest BCUT2D eigenvalue weighted by molar-refractivity contribution is 9.10. The minimum atomic E-state index is -3.08. The van der Waals surface area contributed by atoms with Crippen LogP contribution in [0.3, 0.4) is 0 Å². The Morgan fingerprint density at radius 2 is 1.95 bits per heavy atom. The molecular weight excluding hydrogens is 598 g/mol. The van der Waals surface area contributed by atoms with Gasteiger partial charge in [0.2, 0.25) is 11.9 Å². The smallest absolute Gasteiger partial charge is 0.387 e. The van der Waals surface area contributed by atoms with E-state index in [0.29, 0.717) is 36.8 Å². The standard InChI is InChI=1S/C28H33BrF2N8O2/c1-7-24(40)33-17-14-18(21(41-26(30)31)15-20(17)38(6)13-12-37(4)5)34-27-32-11-10-23(36-27)39-16-28(2,3)25-19(39)8-9-22(29)35-25/h7-11,14-15,26H,1,12-13,16H2,2-6H3,(H,33,40)(H,32,34,36). The topological polar surface area (TPSA) is 98.8 Å². The number of nitrogens with one attached hydrogen (secondary N) is 2. The number of aromatic nitrogens is 3. The Morgan fingerprint density at radius 1 is 1.20 bits per heavy atom. The summed E-state index contributed by atoms with van der Waals surface area (Å²) in [7, 11) is 5.66. The molecule has 0 radical (unpaired) electrons. The van der Waals surface area contributed by atoms with Crippen LogP contribution in [-0.2, 0) is 10.2 Å². The molecule has 0 spiro atoms. The number of nitrogens with zero attached hydrogens (tertiary/aromatic N) is 6. The number of hydrogen-bond donors (Lipinski definition) is 2. The lowest BCUT2D eigenvalue weighted by Gasteiger charge is -2.26. The first-order valence-corrected chi connectivity index (χ1v) is 13.6. The van der Waals surface area contributed by atoms with Crippen LogP contribution < -0.4 is 25.2 Å². The molecule has 1 aromatic carbocycles. The number of anilines is 6. The fourth-order valence-corrected chi connectivity index (χ4v) is 4.82. The minimum Gasteiger partial charge on any atom is -0.433 e. The van der Waals surface area contributed by atoms with Gasteiger partial charge >= 0.3 is 6.61 Å². The van der Waals surface area contributed by atoms with Crippen LogP contribution in [0.2, 0.25) is 0 Å². The molecule has 1 aliphatic rings. The predicted octanol–water partition coefficient (Wildman–Crippen LogP) is 5.53. The second kappa shape index (κ2) is 12.4. The van der Waals surface area contributed by atoms with E-state index < -0.39 is 12.5 Å². The molecule has 0 atom stereocenters. The zero-order valence-corrected chi connectivity index (χ0v) is 25.2. The first-order chi connectivity index (χ1) is 19.4. The van der Waals surface area contributed by atoms with Crippen LogP contribution in [0.25, 0.3) is 0 Å². The van der Waals surface area contributed by atoms with Crippen molar-refractivity contribution in [3.8, 4) is 5.75 Å². The number of halogens is 3. The first-order valence-electron chi connectivity index (χ1n) is 12.8. The third-order valence-corrected chi connectivity index (χ3v) is 6.98. The van der Waals surface area contributed by atoms with Crippen LogP contribution in [0.15, 0.2) is 53.8 Å². The van der Waals surface area contributed by atoms with Gasteiger partial charge in [-0.1, -0.05) is 20.4 Å². The van der Waals surface area contributed by atoms with Crippen molar-refractivity contribution in [1.82, 2.24) is 19.9 Å². The quantitative estimate of drug-likeness (QED) is 0.209. The van der Waals surface area contributed by atoms with Gasteiger partial charge in [0.15, 0.2) is 5.75 Å². The van der Waals surface area contributed by atoms with Gasteiger partial charge in [-0.15, -0.1) is 0 Å². The van der Waals surface area contributed by atoms with Crippen LogP contribution in [-0.4, -0.2) is 73.1 Å². The van der Waals surface area contributed by atoms with Crippen LogP contribution in [0, 0.1) is 0 Å². The molecular formula is C28H33BrF2N8O2. The lowest BCUT2D eigenvalue weighted by molar-refractivity contribution is -0.111. The van der Waals surface area contributed by atoms with Crippen molar-refractivity contribution in [3.63, 3.8) is 0 Å². The Hall–Kier alpha value is -3.84. The van der Waals surface area contributed by atoms with Gasteiger partial charge in [-0.05, 0) is 60.4 Å². The minimum absolute atomic E-state index is 0.126. The lowest BCUT2D eigenvalue weighted by atomic mass is 9.91. The second-order valence-electron chi connectivity index (χ2n) is 10.5. The summed E-state index contributed by atoms with van der Waals surface area (Å²) < 4.78 is 32.6. The summed E-state index contributed by atoms with van der Waals surface area (Å²) in [6.45, 7) is 6.54. The third kappa shape index (κ3) is 7.09. The zero-order chi connectivity index (χ0) is 29.9. The average molecular weight is 632 g/mol. The van der Waals surface area contributed by atoms with E-state index in [1.165, 1.54) is 12.1 Å². The normalized spacial score (nSPS) is 13.8. The van der Waals surface area contributed by atoms with Gasteiger partial charge in [0.25, 0.3) is 0 Å². The van der Waals surface area contributed by atoms with Crippen LogP contribution in [0.1, 0.15) is 19.5 Å². The molecule has 1 amide bonds. The number of alkyl halides is 2. The van der Waals surface area contributed by atoms with E-state index >= 15 is 0 Å². The number of fused-ring (bicyclic) bond motifs is 1. The molecule has 2 aromatic heterocycles. The highest BCUT2D eigenvalue weighted by Crippen LogP contribution is 2.44. The summed E-state index contributed by atoms with van der Waals surface area (Å²) >= 11 is 3.45. The van der Waals surface area contributed by atoms with Gasteiger partial charge < -0.3 is 30.1 Å². The van der Waals surface area contributed by atoms with E-state index in [4.69, 9.17) is 4.74 Å². The summed E-state index contributed by atoms with van der Waals surface area (Å²) in [6, 6.07) is 8.60. The molecule has 218 valence electrons. The Kier molecular flexibility index (Phi) is 9.08. The number of ether oxygens (including phenoxy) is 1. The van der Waals surface area contributed by atoms with Gasteiger partial charge in [0.1, 0.15) is 10.4 Å². The summed E-state index contributed by atoms with van der Waals surface area (Å²) in [4.78, 5) is 31.8. The number of hydrogen-bond acceptors (Lipinski definition) is 9. The molecule has 41 heavy (non-hydrogen) atoms. The number of pyridine rings is 1. The maximum absolute atomic E-state index is 13.5. The van der Waals surface area contributed by atoms with Crippen LogP contribution in [0.5, 0.6) is 5.75 Å². The van der Waals surface area contributed by atoms with E-state index in [1.807, 2.05) is 40.9 Å². The third-order valence-electron chi connectivity index (χ3n) is 6.54. The molecule has 0 fully saturated rings. The fourth-order valence-electron chi connectivity index (χ4n) is 4.51. The van der Waals surface area contributed by atoms with E-state index in [0.717, 1.165) is 22.1 Å². The number of benzene rings is 1. The van der Waals surface area contributed by atoms with Crippen molar-refractivity contribution < 1.29 is 18.3 Å². The van der Waals surface area contributed by atoms with Gasteiger partial charge in [-0.3, -0.25) is 4.79 Å². The first kappa shape index (κ1) is 30.1. The number of rotatable bonds is 11. The van der Waals surface area contributed by atoms with Crippen molar-refractivity contribution in [1.29, 1.82) is 0 Å². The Labute approximate surface area is 246 Å². The van der Waals surface area contributed by atoms with E-state index in [9.17, 15) is 13.6 Å². The fraction of sp³-hybridized carbons (Fsp3) is 0.357. The molecule has 0 aliphatic carbocycles. The van der Waals surface area contributed by atoms with E-state index in [1.54, 1.807) is 19.3 Å². The predicted molar refractivity (Wildman–Crippen MR) is 161 cm³/mol. The Bertz CT molecular complexity index is 1440. The Balaban J connectivity index is 1.72. The molecule has 0 bridgehead atoms. The van der Waals surface area contributed by atoms with E-state index in [2.05, 4.69) is 61.9 Å². The SMILES string of the molecule is C=CC(=O)Nc1cc(Nc2nccc(N3CC(C)(C)c4nc(Br)ccc43)n2)c(OC(F)F)cc1N(C)CCN(C)C. The monoisotopic (exact) mass is 630 g/mol.